The van der Waals surface area contributed by atoms with Gasteiger partial charge in [-0.05, 0) is 36.6 Å². The Kier molecular flexibility index (Phi) is 5.55. The Labute approximate surface area is 150 Å². The molecule has 7 heteroatoms. The van der Waals surface area contributed by atoms with Crippen LogP contribution in [0.5, 0.6) is 0 Å². The molecule has 1 N–H and O–H groups in total. The Morgan fingerprint density at radius 2 is 2.20 bits per heavy atom. The summed E-state index contributed by atoms with van der Waals surface area (Å²) in [6, 6.07) is 9.78. The molecule has 1 amide bonds. The molecule has 0 aliphatic carbocycles. The van der Waals surface area contributed by atoms with E-state index in [0.29, 0.717) is 11.7 Å². The molecule has 0 spiro atoms. The molecule has 0 bridgehead atoms. The van der Waals surface area contributed by atoms with Crippen LogP contribution in [0.3, 0.4) is 0 Å². The molecular formula is C18H20N4O2S. The first-order valence-corrected chi connectivity index (χ1v) is 9.07. The van der Waals surface area contributed by atoms with E-state index in [1.165, 1.54) is 11.8 Å². The number of carbonyl (C=O) groups excluding carboxylic acids is 1. The third kappa shape index (κ3) is 4.30. The molecule has 3 aromatic rings. The van der Waals surface area contributed by atoms with Gasteiger partial charge in [-0.2, -0.15) is 0 Å². The zero-order valence-electron chi connectivity index (χ0n) is 14.2. The highest BCUT2D eigenvalue weighted by Crippen LogP contribution is 2.22. The summed E-state index contributed by atoms with van der Waals surface area (Å²) in [7, 11) is 0. The number of para-hydroxylation sites is 1. The highest BCUT2D eigenvalue weighted by atomic mass is 32.2. The SMILES string of the molecule is CCc1cccc(C)c1NC(=O)CSc1nncn1Cc1ccco1. The highest BCUT2D eigenvalue weighted by Gasteiger charge is 2.12. The van der Waals surface area contributed by atoms with E-state index in [-0.39, 0.29) is 11.7 Å². The second kappa shape index (κ2) is 8.02. The molecule has 1 aromatic carbocycles. The van der Waals surface area contributed by atoms with Crippen molar-refractivity contribution in [2.24, 2.45) is 0 Å². The fourth-order valence-corrected chi connectivity index (χ4v) is 3.26. The Bertz CT molecular complexity index is 843. The fourth-order valence-electron chi connectivity index (χ4n) is 2.54. The quantitative estimate of drug-likeness (QED) is 0.656. The minimum atomic E-state index is -0.0541. The number of nitrogens with zero attached hydrogens (tertiary/aromatic N) is 3. The summed E-state index contributed by atoms with van der Waals surface area (Å²) in [6.45, 7) is 4.62. The maximum Gasteiger partial charge on any atom is 0.234 e. The lowest BCUT2D eigenvalue weighted by molar-refractivity contribution is -0.113. The number of anilines is 1. The van der Waals surface area contributed by atoms with Crippen molar-refractivity contribution in [2.45, 2.75) is 32.0 Å². The first kappa shape index (κ1) is 17.3. The van der Waals surface area contributed by atoms with E-state index in [1.54, 1.807) is 12.6 Å². The lowest BCUT2D eigenvalue weighted by Crippen LogP contribution is -2.16. The predicted molar refractivity (Wildman–Crippen MR) is 97.7 cm³/mol. The van der Waals surface area contributed by atoms with Gasteiger partial charge in [0, 0.05) is 5.69 Å². The zero-order chi connectivity index (χ0) is 17.6. The summed E-state index contributed by atoms with van der Waals surface area (Å²) >= 11 is 1.36. The summed E-state index contributed by atoms with van der Waals surface area (Å²) in [4.78, 5) is 12.3. The average molecular weight is 356 g/mol. The molecule has 25 heavy (non-hydrogen) atoms. The van der Waals surface area contributed by atoms with E-state index in [9.17, 15) is 4.79 Å². The minimum Gasteiger partial charge on any atom is -0.467 e. The molecule has 0 fully saturated rings. The predicted octanol–water partition coefficient (Wildman–Crippen LogP) is 3.52. The highest BCUT2D eigenvalue weighted by molar-refractivity contribution is 7.99. The van der Waals surface area contributed by atoms with E-state index in [4.69, 9.17) is 4.42 Å². The smallest absolute Gasteiger partial charge is 0.234 e. The van der Waals surface area contributed by atoms with Crippen LogP contribution in [0.4, 0.5) is 5.69 Å². The van der Waals surface area contributed by atoms with Crippen LogP contribution in [-0.4, -0.2) is 26.4 Å². The average Bonchev–Trinajstić information content (AvgIpc) is 3.27. The third-order valence-electron chi connectivity index (χ3n) is 3.82. The van der Waals surface area contributed by atoms with Gasteiger partial charge in [-0.3, -0.25) is 4.79 Å². The number of benzene rings is 1. The van der Waals surface area contributed by atoms with Crippen LogP contribution in [0, 0.1) is 6.92 Å². The maximum atomic E-state index is 12.3. The minimum absolute atomic E-state index is 0.0541. The van der Waals surface area contributed by atoms with Crippen molar-refractivity contribution in [2.75, 3.05) is 11.1 Å². The summed E-state index contributed by atoms with van der Waals surface area (Å²) < 4.78 is 7.20. The van der Waals surface area contributed by atoms with E-state index in [1.807, 2.05) is 41.8 Å². The number of carbonyl (C=O) groups is 1. The van der Waals surface area contributed by atoms with Crippen molar-refractivity contribution in [3.63, 3.8) is 0 Å². The van der Waals surface area contributed by atoms with Crippen molar-refractivity contribution in [3.8, 4) is 0 Å². The van der Waals surface area contributed by atoms with Crippen LogP contribution < -0.4 is 5.32 Å². The maximum absolute atomic E-state index is 12.3. The van der Waals surface area contributed by atoms with Crippen molar-refractivity contribution >= 4 is 23.4 Å². The topological polar surface area (TPSA) is 73.0 Å². The van der Waals surface area contributed by atoms with Gasteiger partial charge in [0.15, 0.2) is 5.16 Å². The van der Waals surface area contributed by atoms with Gasteiger partial charge in [0.2, 0.25) is 5.91 Å². The van der Waals surface area contributed by atoms with Gasteiger partial charge in [0.25, 0.3) is 0 Å². The Hall–Kier alpha value is -2.54. The summed E-state index contributed by atoms with van der Waals surface area (Å²) in [5.74, 6) is 1.04. The molecule has 0 saturated heterocycles. The van der Waals surface area contributed by atoms with E-state index < -0.39 is 0 Å². The van der Waals surface area contributed by atoms with Gasteiger partial charge in [0.1, 0.15) is 12.1 Å². The lowest BCUT2D eigenvalue weighted by atomic mass is 10.1. The molecule has 130 valence electrons. The van der Waals surface area contributed by atoms with Crippen LogP contribution in [0.25, 0.3) is 0 Å². The molecule has 3 rings (SSSR count). The van der Waals surface area contributed by atoms with Gasteiger partial charge in [-0.25, -0.2) is 0 Å². The number of nitrogens with one attached hydrogen (secondary N) is 1. The fraction of sp³-hybridized carbons (Fsp3) is 0.278. The van der Waals surface area contributed by atoms with Gasteiger partial charge < -0.3 is 14.3 Å². The van der Waals surface area contributed by atoms with Crippen LogP contribution in [0.2, 0.25) is 0 Å². The monoisotopic (exact) mass is 356 g/mol. The normalized spacial score (nSPS) is 10.8. The van der Waals surface area contributed by atoms with Crippen LogP contribution in [0.1, 0.15) is 23.8 Å². The third-order valence-corrected chi connectivity index (χ3v) is 4.80. The molecule has 2 aromatic heterocycles. The van der Waals surface area contributed by atoms with Gasteiger partial charge in [-0.15, -0.1) is 10.2 Å². The molecule has 2 heterocycles. The van der Waals surface area contributed by atoms with Crippen molar-refractivity contribution < 1.29 is 9.21 Å². The molecule has 0 unspecified atom stereocenters. The number of amides is 1. The lowest BCUT2D eigenvalue weighted by Gasteiger charge is -2.12. The van der Waals surface area contributed by atoms with Gasteiger partial charge in [0.05, 0.1) is 18.6 Å². The molecule has 0 saturated carbocycles. The summed E-state index contributed by atoms with van der Waals surface area (Å²) in [5, 5.41) is 11.7. The van der Waals surface area contributed by atoms with Crippen LogP contribution in [-0.2, 0) is 17.8 Å². The van der Waals surface area contributed by atoms with Gasteiger partial charge in [-0.1, -0.05) is 36.9 Å². The largest absolute Gasteiger partial charge is 0.467 e. The first-order chi connectivity index (χ1) is 12.2. The van der Waals surface area contributed by atoms with Gasteiger partial charge >= 0.3 is 0 Å². The molecule has 0 atom stereocenters. The molecular weight excluding hydrogens is 336 g/mol. The van der Waals surface area contributed by atoms with Crippen LogP contribution in [0.15, 0.2) is 52.5 Å². The number of rotatable bonds is 7. The Morgan fingerprint density at radius 3 is 2.96 bits per heavy atom. The number of aryl methyl sites for hydroxylation is 2. The van der Waals surface area contributed by atoms with E-state index >= 15 is 0 Å². The Morgan fingerprint density at radius 1 is 1.32 bits per heavy atom. The molecule has 0 aliphatic heterocycles. The second-order valence-electron chi connectivity index (χ2n) is 5.62. The Balaban J connectivity index is 1.61. The molecule has 0 aliphatic rings. The van der Waals surface area contributed by atoms with Crippen molar-refractivity contribution in [1.82, 2.24) is 14.8 Å². The number of thioether (sulfide) groups is 1. The van der Waals surface area contributed by atoms with E-state index in [2.05, 4.69) is 22.4 Å². The molecule has 6 nitrogen and oxygen atoms in total. The number of aromatic nitrogens is 3. The summed E-state index contributed by atoms with van der Waals surface area (Å²) in [6.07, 6.45) is 4.15. The molecule has 0 radical (unpaired) electrons. The number of furan rings is 1. The second-order valence-corrected chi connectivity index (χ2v) is 6.56. The van der Waals surface area contributed by atoms with E-state index in [0.717, 1.165) is 29.0 Å². The van der Waals surface area contributed by atoms with Crippen molar-refractivity contribution in [3.05, 3.63) is 59.8 Å². The van der Waals surface area contributed by atoms with Crippen LogP contribution >= 0.6 is 11.8 Å². The standard InChI is InChI=1S/C18H20N4O2S/c1-3-14-7-4-6-13(2)17(14)20-16(23)11-25-18-21-19-12-22(18)10-15-8-5-9-24-15/h4-9,12H,3,10-11H2,1-2H3,(H,20,23). The van der Waals surface area contributed by atoms with Crippen molar-refractivity contribution in [1.29, 1.82) is 0 Å². The number of hydrogen-bond donors (Lipinski definition) is 1. The first-order valence-electron chi connectivity index (χ1n) is 8.08. The zero-order valence-corrected chi connectivity index (χ0v) is 15.0. The number of hydrogen-bond acceptors (Lipinski definition) is 5. The summed E-state index contributed by atoms with van der Waals surface area (Å²) in [5.41, 5.74) is 3.12.